The predicted octanol–water partition coefficient (Wildman–Crippen LogP) is -2.57. The summed E-state index contributed by atoms with van der Waals surface area (Å²) in [5.41, 5.74) is 10.2. The van der Waals surface area contributed by atoms with Crippen LogP contribution in [0.15, 0.2) is 0 Å². The zero-order chi connectivity index (χ0) is 20.3. The van der Waals surface area contributed by atoms with E-state index in [4.69, 9.17) is 16.6 Å². The lowest BCUT2D eigenvalue weighted by Gasteiger charge is -2.19. The van der Waals surface area contributed by atoms with Crippen molar-refractivity contribution < 1.29 is 29.1 Å². The average molecular weight is 373 g/mol. The molecule has 0 fully saturated rings. The van der Waals surface area contributed by atoms with E-state index in [1.165, 1.54) is 0 Å². The van der Waals surface area contributed by atoms with Crippen LogP contribution in [0.1, 0.15) is 33.1 Å². The third-order valence-electron chi connectivity index (χ3n) is 3.28. The molecule has 0 rings (SSSR count). The first kappa shape index (κ1) is 23.3. The molecule has 0 heterocycles. The number of nitrogens with one attached hydrogen (secondary N) is 3. The minimum Gasteiger partial charge on any atom is -0.480 e. The Hall–Kier alpha value is -2.69. The molecule has 11 nitrogen and oxygen atoms in total. The molecule has 0 aromatic rings. The van der Waals surface area contributed by atoms with E-state index >= 15 is 0 Å². The highest BCUT2D eigenvalue weighted by Gasteiger charge is 2.24. The first-order valence-electron chi connectivity index (χ1n) is 8.14. The maximum absolute atomic E-state index is 12.1. The zero-order valence-electron chi connectivity index (χ0n) is 14.9. The topological polar surface area (TPSA) is 194 Å². The number of carbonyl (C=O) groups excluding carboxylic acids is 4. The van der Waals surface area contributed by atoms with Crippen LogP contribution >= 0.6 is 0 Å². The van der Waals surface area contributed by atoms with Gasteiger partial charge in [0, 0.05) is 6.42 Å². The Morgan fingerprint density at radius 3 is 2.04 bits per heavy atom. The number of carbonyl (C=O) groups is 5. The molecule has 8 N–H and O–H groups in total. The van der Waals surface area contributed by atoms with Gasteiger partial charge in [-0.25, -0.2) is 4.79 Å². The van der Waals surface area contributed by atoms with E-state index < -0.39 is 48.2 Å². The minimum absolute atomic E-state index is 0.0515. The second-order valence-electron chi connectivity index (χ2n) is 6.13. The molecule has 0 radical (unpaired) electrons. The van der Waals surface area contributed by atoms with Crippen molar-refractivity contribution in [3.8, 4) is 0 Å². The van der Waals surface area contributed by atoms with Gasteiger partial charge in [-0.05, 0) is 18.8 Å². The van der Waals surface area contributed by atoms with Crippen molar-refractivity contribution in [3.63, 3.8) is 0 Å². The summed E-state index contributed by atoms with van der Waals surface area (Å²) in [5.74, 6) is -3.78. The summed E-state index contributed by atoms with van der Waals surface area (Å²) in [6.45, 7) is 2.79. The second kappa shape index (κ2) is 11.8. The van der Waals surface area contributed by atoms with Gasteiger partial charge in [0.2, 0.25) is 23.6 Å². The third kappa shape index (κ3) is 10.2. The van der Waals surface area contributed by atoms with Crippen molar-refractivity contribution in [2.45, 2.75) is 45.2 Å². The summed E-state index contributed by atoms with van der Waals surface area (Å²) < 4.78 is 0. The van der Waals surface area contributed by atoms with Gasteiger partial charge in [-0.3, -0.25) is 19.2 Å². The molecule has 0 aliphatic heterocycles. The molecule has 0 spiro atoms. The van der Waals surface area contributed by atoms with Gasteiger partial charge in [-0.15, -0.1) is 0 Å². The van der Waals surface area contributed by atoms with Crippen LogP contribution in [0.5, 0.6) is 0 Å². The molecule has 0 saturated carbocycles. The molecule has 4 amide bonds. The predicted molar refractivity (Wildman–Crippen MR) is 91.4 cm³/mol. The molecule has 26 heavy (non-hydrogen) atoms. The molecule has 0 aliphatic carbocycles. The van der Waals surface area contributed by atoms with Crippen LogP contribution in [0.3, 0.4) is 0 Å². The van der Waals surface area contributed by atoms with Crippen LogP contribution in [0.25, 0.3) is 0 Å². The van der Waals surface area contributed by atoms with E-state index in [0.717, 1.165) is 0 Å². The summed E-state index contributed by atoms with van der Waals surface area (Å²) in [6, 6.07) is -2.15. The van der Waals surface area contributed by atoms with Crippen LogP contribution in [-0.4, -0.2) is 59.9 Å². The first-order valence-corrected chi connectivity index (χ1v) is 8.14. The van der Waals surface area contributed by atoms with Crippen LogP contribution in [-0.2, 0) is 24.0 Å². The van der Waals surface area contributed by atoms with E-state index in [0.29, 0.717) is 0 Å². The highest BCUT2D eigenvalue weighted by molar-refractivity contribution is 5.92. The fraction of sp³-hybridized carbons (Fsp3) is 0.667. The maximum atomic E-state index is 12.1. The van der Waals surface area contributed by atoms with Crippen LogP contribution in [0, 0.1) is 5.92 Å². The second-order valence-corrected chi connectivity index (χ2v) is 6.13. The Labute approximate surface area is 151 Å². The van der Waals surface area contributed by atoms with Crippen LogP contribution < -0.4 is 27.4 Å². The van der Waals surface area contributed by atoms with Crippen molar-refractivity contribution >= 4 is 29.6 Å². The lowest BCUT2D eigenvalue weighted by molar-refractivity contribution is -0.142. The van der Waals surface area contributed by atoms with E-state index in [-0.39, 0.29) is 31.7 Å². The number of rotatable bonds is 12. The quantitative estimate of drug-likeness (QED) is 0.216. The van der Waals surface area contributed by atoms with Crippen molar-refractivity contribution in [1.82, 2.24) is 16.0 Å². The Bertz CT molecular complexity index is 537. The van der Waals surface area contributed by atoms with Gasteiger partial charge in [-0.2, -0.15) is 0 Å². The molecule has 0 aromatic heterocycles. The number of hydrogen-bond donors (Lipinski definition) is 6. The lowest BCUT2D eigenvalue weighted by Crippen LogP contribution is -2.51. The average Bonchev–Trinajstić information content (AvgIpc) is 2.54. The lowest BCUT2D eigenvalue weighted by atomic mass is 10.0. The highest BCUT2D eigenvalue weighted by atomic mass is 16.4. The zero-order valence-corrected chi connectivity index (χ0v) is 14.9. The molecule has 2 atom stereocenters. The largest absolute Gasteiger partial charge is 0.480 e. The Morgan fingerprint density at radius 1 is 1.00 bits per heavy atom. The summed E-state index contributed by atoms with van der Waals surface area (Å²) >= 11 is 0. The fourth-order valence-corrected chi connectivity index (χ4v) is 2.04. The number of amides is 4. The number of primary amides is 1. The molecule has 0 bridgehead atoms. The van der Waals surface area contributed by atoms with E-state index in [9.17, 15) is 24.0 Å². The van der Waals surface area contributed by atoms with Gasteiger partial charge < -0.3 is 32.5 Å². The van der Waals surface area contributed by atoms with Gasteiger partial charge in [-0.1, -0.05) is 13.8 Å². The summed E-state index contributed by atoms with van der Waals surface area (Å²) in [5, 5.41) is 16.0. The number of nitrogens with two attached hydrogens (primary N) is 2. The van der Waals surface area contributed by atoms with Crippen molar-refractivity contribution in [1.29, 1.82) is 0 Å². The van der Waals surface area contributed by atoms with E-state index in [1.54, 1.807) is 0 Å². The number of hydrogen-bond acceptors (Lipinski definition) is 6. The molecular formula is C15H27N5O6. The summed E-state index contributed by atoms with van der Waals surface area (Å²) in [4.78, 5) is 57.3. The van der Waals surface area contributed by atoms with E-state index in [1.807, 2.05) is 13.8 Å². The van der Waals surface area contributed by atoms with Crippen molar-refractivity contribution in [3.05, 3.63) is 0 Å². The van der Waals surface area contributed by atoms with Crippen LogP contribution in [0.4, 0.5) is 0 Å². The molecule has 0 aromatic carbocycles. The van der Waals surface area contributed by atoms with Crippen molar-refractivity contribution in [2.24, 2.45) is 17.4 Å². The number of carboxylic acid groups (broad SMARTS) is 1. The molecule has 148 valence electrons. The monoisotopic (exact) mass is 373 g/mol. The minimum atomic E-state index is -1.17. The number of aliphatic carboxylic acids is 1. The first-order chi connectivity index (χ1) is 12.1. The van der Waals surface area contributed by atoms with Gasteiger partial charge in [0.15, 0.2) is 0 Å². The third-order valence-corrected chi connectivity index (χ3v) is 3.28. The normalized spacial score (nSPS) is 12.8. The van der Waals surface area contributed by atoms with Crippen LogP contribution in [0.2, 0.25) is 0 Å². The number of carboxylic acids is 1. The maximum Gasteiger partial charge on any atom is 0.326 e. The van der Waals surface area contributed by atoms with Gasteiger partial charge in [0.25, 0.3) is 0 Å². The molecule has 11 heteroatoms. The Balaban J connectivity index is 4.66. The van der Waals surface area contributed by atoms with E-state index in [2.05, 4.69) is 16.0 Å². The molecule has 2 unspecified atom stereocenters. The van der Waals surface area contributed by atoms with Gasteiger partial charge >= 0.3 is 5.97 Å². The standard InChI is InChI=1S/C15H27N5O6/c1-8(2)5-10(15(25)26)20-13(23)7-18-14(24)9(3-4-11(17)21)19-12(22)6-16/h8-10H,3-7,16H2,1-2H3,(H2,17,21)(H,18,24)(H,19,22)(H,20,23)(H,25,26). The fourth-order valence-electron chi connectivity index (χ4n) is 2.04. The summed E-state index contributed by atoms with van der Waals surface area (Å²) in [6.07, 6.45) is 0.0348. The molecule has 0 aliphatic rings. The highest BCUT2D eigenvalue weighted by Crippen LogP contribution is 2.04. The van der Waals surface area contributed by atoms with Crippen molar-refractivity contribution in [2.75, 3.05) is 13.1 Å². The Morgan fingerprint density at radius 2 is 1.58 bits per heavy atom. The molecule has 0 saturated heterocycles. The smallest absolute Gasteiger partial charge is 0.326 e. The molecular weight excluding hydrogens is 346 g/mol. The van der Waals surface area contributed by atoms with Gasteiger partial charge in [0.1, 0.15) is 12.1 Å². The SMILES string of the molecule is CC(C)CC(NC(=O)CNC(=O)C(CCC(N)=O)NC(=O)CN)C(=O)O. The van der Waals surface area contributed by atoms with Gasteiger partial charge in [0.05, 0.1) is 13.1 Å². The Kier molecular flexibility index (Phi) is 10.6. The summed E-state index contributed by atoms with van der Waals surface area (Å²) in [7, 11) is 0.